The molecule has 0 aliphatic heterocycles. The van der Waals surface area contributed by atoms with Gasteiger partial charge in [-0.15, -0.1) is 0 Å². The molecule has 0 aromatic rings. The van der Waals surface area contributed by atoms with E-state index in [2.05, 4.69) is 0 Å². The summed E-state index contributed by atoms with van der Waals surface area (Å²) in [4.78, 5) is 0. The second-order valence-electron chi connectivity index (χ2n) is 0. The molecule has 0 aromatic heterocycles. The number of hydrogen-bond acceptors (Lipinski definition) is 0. The van der Waals surface area contributed by atoms with Gasteiger partial charge in [0.25, 0.3) is 0 Å². The molecule has 0 rings (SSSR count). The van der Waals surface area contributed by atoms with Crippen molar-refractivity contribution in [2.24, 2.45) is 0 Å². The third kappa shape index (κ3) is 46.2. The maximum atomic E-state index is 0. The summed E-state index contributed by atoms with van der Waals surface area (Å²) in [6.45, 7) is 0. The van der Waals surface area contributed by atoms with Crippen molar-refractivity contribution in [2.75, 3.05) is 0 Å². The Hall–Kier alpha value is 1.60. The van der Waals surface area contributed by atoms with Gasteiger partial charge in [0.15, 0.2) is 0 Å². The van der Waals surface area contributed by atoms with Crippen LogP contribution in [0.3, 0.4) is 0 Å². The van der Waals surface area contributed by atoms with E-state index >= 15 is 0 Å². The van der Waals surface area contributed by atoms with E-state index in [0.29, 0.717) is 0 Å². The molecule has 0 fully saturated rings. The summed E-state index contributed by atoms with van der Waals surface area (Å²) in [6, 6.07) is 0. The first-order valence-corrected chi connectivity index (χ1v) is 0. The van der Waals surface area contributed by atoms with Crippen LogP contribution in [0.15, 0.2) is 0 Å². The van der Waals surface area contributed by atoms with Gasteiger partial charge >= 0.3 is 57.2 Å². The molecule has 0 unspecified atom stereocenters. The topological polar surface area (TPSA) is 0 Å². The fourth-order valence-corrected chi connectivity index (χ4v) is 0. The summed E-state index contributed by atoms with van der Waals surface area (Å²) in [7, 11) is 0. The molecule has 0 aliphatic carbocycles. The predicted octanol–water partition coefficient (Wildman–Crippen LogP) is -12.4. The van der Waals surface area contributed by atoms with Crippen molar-refractivity contribution in [1.82, 2.24) is 0 Å². The molecule has 0 radical (unpaired) electrons. The second kappa shape index (κ2) is 80.7. The van der Waals surface area contributed by atoms with Crippen LogP contribution < -0.4 is 18.8 Å². The monoisotopic (exact) mass is 180 g/mol. The van der Waals surface area contributed by atoms with E-state index in [9.17, 15) is 0 Å². The molecule has 0 saturated heterocycles. The van der Waals surface area contributed by atoms with Crippen LogP contribution in [0.1, 0.15) is 0 Å². The molecule has 0 aromatic carbocycles. The molecule has 0 nitrogen and oxygen atoms in total. The van der Waals surface area contributed by atoms with Crippen molar-refractivity contribution in [1.29, 1.82) is 0 Å². The summed E-state index contributed by atoms with van der Waals surface area (Å²) >= 11 is 0. The van der Waals surface area contributed by atoms with E-state index in [-0.39, 0.29) is 76.0 Å². The Morgan fingerprint density at radius 1 is 0.500 bits per heavy atom. The molecule has 0 saturated carbocycles. The van der Waals surface area contributed by atoms with Crippen molar-refractivity contribution < 1.29 is 38.3 Å². The van der Waals surface area contributed by atoms with Crippen LogP contribution in [0, 0.1) is 0 Å². The first-order chi connectivity index (χ1) is 0. The zero-order valence-corrected chi connectivity index (χ0v) is 8.10. The van der Waals surface area contributed by atoms with E-state index in [1.807, 2.05) is 0 Å². The minimum atomic E-state index is 0. The molecule has 0 spiro atoms. The molecular weight excluding hydrogens is 181 g/mol. The SMILES string of the molecule is [Ca+2].[F-].[F-].[F-].[F-].[Zn+2]. The Kier molecular flexibility index (Phi) is 1730. The zero-order valence-electron chi connectivity index (χ0n) is 2.93. The minimum absolute atomic E-state index is 0. The Morgan fingerprint density at radius 2 is 0.500 bits per heavy atom. The minimum Gasteiger partial charge on any atom is -1.00 e. The Bertz CT molecular complexity index is 7.51. The van der Waals surface area contributed by atoms with Crippen LogP contribution in [0.4, 0.5) is 0 Å². The van der Waals surface area contributed by atoms with Crippen molar-refractivity contribution >= 4 is 37.7 Å². The smallest absolute Gasteiger partial charge is 1.00 e. The summed E-state index contributed by atoms with van der Waals surface area (Å²) in [5.74, 6) is 0. The second-order valence-corrected chi connectivity index (χ2v) is 0. The van der Waals surface area contributed by atoms with E-state index in [1.54, 1.807) is 0 Å². The Morgan fingerprint density at radius 3 is 0.500 bits per heavy atom. The average Bonchev–Trinajstić information content (AvgIpc) is 0. The third-order valence-corrected chi connectivity index (χ3v) is 0. The van der Waals surface area contributed by atoms with E-state index in [0.717, 1.165) is 0 Å². The van der Waals surface area contributed by atoms with Crippen LogP contribution in [-0.4, -0.2) is 37.7 Å². The van der Waals surface area contributed by atoms with Gasteiger partial charge in [-0.25, -0.2) is 0 Å². The molecule has 0 atom stereocenters. The fraction of sp³-hybridized carbons (Fsp3) is 0. The van der Waals surface area contributed by atoms with Gasteiger partial charge < -0.3 is 18.8 Å². The van der Waals surface area contributed by atoms with E-state index in [4.69, 9.17) is 0 Å². The summed E-state index contributed by atoms with van der Waals surface area (Å²) in [5, 5.41) is 0. The van der Waals surface area contributed by atoms with Crippen molar-refractivity contribution in [3.8, 4) is 0 Å². The van der Waals surface area contributed by atoms with Crippen LogP contribution in [0.2, 0.25) is 0 Å². The van der Waals surface area contributed by atoms with Gasteiger partial charge in [0.05, 0.1) is 0 Å². The predicted molar refractivity (Wildman–Crippen MR) is 5.75 cm³/mol. The summed E-state index contributed by atoms with van der Waals surface area (Å²) in [6.07, 6.45) is 0. The first-order valence-electron chi connectivity index (χ1n) is 0. The first kappa shape index (κ1) is 129. The molecule has 6 heavy (non-hydrogen) atoms. The maximum Gasteiger partial charge on any atom is 2.00 e. The largest absolute Gasteiger partial charge is 2.00 e. The van der Waals surface area contributed by atoms with Crippen LogP contribution in [-0.2, 0) is 19.5 Å². The molecule has 0 aliphatic rings. The number of hydrogen-bond donors (Lipinski definition) is 0. The van der Waals surface area contributed by atoms with E-state index < -0.39 is 0 Å². The normalized spacial score (nSPS) is 0. The van der Waals surface area contributed by atoms with Gasteiger partial charge in [-0.1, -0.05) is 0 Å². The van der Waals surface area contributed by atoms with Gasteiger partial charge in [0.1, 0.15) is 0 Å². The van der Waals surface area contributed by atoms with Crippen molar-refractivity contribution in [2.45, 2.75) is 0 Å². The van der Waals surface area contributed by atoms with Gasteiger partial charge in [0.2, 0.25) is 0 Å². The Balaban J connectivity index is 0. The van der Waals surface area contributed by atoms with Gasteiger partial charge in [0, 0.05) is 0 Å². The number of halogens is 4. The van der Waals surface area contributed by atoms with Gasteiger partial charge in [-0.2, -0.15) is 0 Å². The van der Waals surface area contributed by atoms with Crippen LogP contribution >= 0.6 is 0 Å². The summed E-state index contributed by atoms with van der Waals surface area (Å²) < 4.78 is 0. The van der Waals surface area contributed by atoms with Crippen molar-refractivity contribution in [3.05, 3.63) is 0 Å². The van der Waals surface area contributed by atoms with Gasteiger partial charge in [-0.05, 0) is 0 Å². The van der Waals surface area contributed by atoms with Crippen LogP contribution in [0.5, 0.6) is 0 Å². The molecule has 6 heteroatoms. The van der Waals surface area contributed by atoms with Crippen molar-refractivity contribution in [3.63, 3.8) is 0 Å². The standard InChI is InChI=1S/Ca.4FH.Zn/h;4*1H;/q+2;;;;;+2/p-4. The Labute approximate surface area is 75.3 Å². The number of rotatable bonds is 0. The van der Waals surface area contributed by atoms with Crippen LogP contribution in [0.25, 0.3) is 0 Å². The molecule has 32 valence electrons. The molecule has 0 heterocycles. The molecule has 0 amide bonds. The van der Waals surface area contributed by atoms with E-state index in [1.165, 1.54) is 0 Å². The maximum absolute atomic E-state index is 0. The van der Waals surface area contributed by atoms with Gasteiger partial charge in [-0.3, -0.25) is 0 Å². The molecular formula is CaF4Zn. The molecule has 0 N–H and O–H groups in total. The average molecular weight is 181 g/mol. The summed E-state index contributed by atoms with van der Waals surface area (Å²) in [5.41, 5.74) is 0. The third-order valence-electron chi connectivity index (χ3n) is 0. The molecule has 0 bridgehead atoms. The quantitative estimate of drug-likeness (QED) is 0.257. The fourth-order valence-electron chi connectivity index (χ4n) is 0. The zero-order chi connectivity index (χ0) is 0.